The lowest BCUT2D eigenvalue weighted by Crippen LogP contribution is -2.45. The first-order valence-electron chi connectivity index (χ1n) is 6.97. The molecule has 0 bridgehead atoms. The second kappa shape index (κ2) is 5.15. The summed E-state index contributed by atoms with van der Waals surface area (Å²) in [5.41, 5.74) is 0.873. The maximum absolute atomic E-state index is 11.4. The third-order valence-corrected chi connectivity index (χ3v) is 4.17. The minimum atomic E-state index is 0.138. The first kappa shape index (κ1) is 13.0. The molecule has 0 aliphatic carbocycles. The average Bonchev–Trinajstić information content (AvgIpc) is 2.95. The Balaban J connectivity index is 1.75. The molecule has 0 aromatic carbocycles. The molecule has 2 aromatic heterocycles. The Bertz CT molecular complexity index is 614. The number of aromatic nitrogens is 1. The minimum Gasteiger partial charge on any atom is -0.464 e. The quantitative estimate of drug-likeness (QED) is 0.842. The fourth-order valence-electron chi connectivity index (χ4n) is 2.85. The molecule has 1 aliphatic heterocycles. The highest BCUT2D eigenvalue weighted by Gasteiger charge is 2.25. The number of carbonyl (C=O) groups is 1. The lowest BCUT2D eigenvalue weighted by atomic mass is 10.0. The fraction of sp³-hybridized carbons (Fsp3) is 0.467. The van der Waals surface area contributed by atoms with Crippen molar-refractivity contribution in [2.45, 2.75) is 25.8 Å². The van der Waals surface area contributed by atoms with Gasteiger partial charge in [-0.15, -0.1) is 0 Å². The smallest absolute Gasteiger partial charge is 0.219 e. The topological polar surface area (TPSA) is 49.6 Å². The third kappa shape index (κ3) is 2.24. The Morgan fingerprint density at radius 2 is 2.15 bits per heavy atom. The van der Waals surface area contributed by atoms with Gasteiger partial charge in [-0.2, -0.15) is 0 Å². The molecule has 0 spiro atoms. The van der Waals surface area contributed by atoms with Crippen LogP contribution in [-0.4, -0.2) is 42.0 Å². The van der Waals surface area contributed by atoms with Gasteiger partial charge < -0.3 is 14.2 Å². The van der Waals surface area contributed by atoms with Crippen molar-refractivity contribution in [3.8, 4) is 0 Å². The third-order valence-electron chi connectivity index (χ3n) is 4.17. The molecule has 5 nitrogen and oxygen atoms in total. The van der Waals surface area contributed by atoms with E-state index in [2.05, 4.69) is 9.88 Å². The summed E-state index contributed by atoms with van der Waals surface area (Å²) >= 11 is 0. The van der Waals surface area contributed by atoms with Crippen molar-refractivity contribution in [3.05, 3.63) is 24.6 Å². The van der Waals surface area contributed by atoms with Gasteiger partial charge in [0.2, 0.25) is 5.91 Å². The molecule has 1 aliphatic rings. The van der Waals surface area contributed by atoms with Gasteiger partial charge in [-0.25, -0.2) is 4.98 Å². The van der Waals surface area contributed by atoms with Crippen LogP contribution in [0.3, 0.4) is 0 Å². The molecule has 5 heteroatoms. The summed E-state index contributed by atoms with van der Waals surface area (Å²) in [6, 6.07) is 4.19. The lowest BCUT2D eigenvalue weighted by molar-refractivity contribution is -0.129. The van der Waals surface area contributed by atoms with E-state index in [1.807, 2.05) is 24.1 Å². The van der Waals surface area contributed by atoms with Gasteiger partial charge >= 0.3 is 0 Å². The number of rotatable bonds is 2. The van der Waals surface area contributed by atoms with Crippen LogP contribution in [0.15, 0.2) is 29.0 Å². The van der Waals surface area contributed by atoms with Gasteiger partial charge in [-0.05, 0) is 25.0 Å². The normalized spacial score (nSPS) is 16.6. The van der Waals surface area contributed by atoms with Crippen molar-refractivity contribution >= 4 is 22.7 Å². The zero-order valence-corrected chi connectivity index (χ0v) is 11.9. The molecule has 0 saturated carbocycles. The van der Waals surface area contributed by atoms with Gasteiger partial charge in [0.1, 0.15) is 11.4 Å². The number of fused-ring (bicyclic) bond motifs is 1. The van der Waals surface area contributed by atoms with E-state index in [1.165, 1.54) is 0 Å². The van der Waals surface area contributed by atoms with E-state index in [4.69, 9.17) is 4.42 Å². The molecule has 1 fully saturated rings. The zero-order valence-electron chi connectivity index (χ0n) is 11.9. The van der Waals surface area contributed by atoms with E-state index >= 15 is 0 Å². The molecule has 1 saturated heterocycles. The zero-order chi connectivity index (χ0) is 14.1. The number of amides is 1. The molecule has 1 amide bonds. The molecular weight excluding hydrogens is 254 g/mol. The van der Waals surface area contributed by atoms with E-state index in [9.17, 15) is 4.79 Å². The highest BCUT2D eigenvalue weighted by atomic mass is 16.3. The van der Waals surface area contributed by atoms with Crippen molar-refractivity contribution in [1.29, 1.82) is 0 Å². The maximum atomic E-state index is 11.4. The van der Waals surface area contributed by atoms with Gasteiger partial charge in [-0.3, -0.25) is 4.79 Å². The number of nitrogens with zero attached hydrogens (tertiary/aromatic N) is 3. The average molecular weight is 273 g/mol. The first-order valence-corrected chi connectivity index (χ1v) is 6.97. The summed E-state index contributed by atoms with van der Waals surface area (Å²) in [4.78, 5) is 20.0. The van der Waals surface area contributed by atoms with Crippen molar-refractivity contribution in [2.24, 2.45) is 0 Å². The largest absolute Gasteiger partial charge is 0.464 e. The van der Waals surface area contributed by atoms with Crippen LogP contribution in [0.2, 0.25) is 0 Å². The Hall–Kier alpha value is -2.04. The summed E-state index contributed by atoms with van der Waals surface area (Å²) < 4.78 is 5.42. The van der Waals surface area contributed by atoms with E-state index in [-0.39, 0.29) is 5.91 Å². The SMILES string of the molecule is CC(=O)N(C)C1CCN(c2nccc3occc23)CC1. The Labute approximate surface area is 118 Å². The van der Waals surface area contributed by atoms with E-state index in [0.717, 1.165) is 42.7 Å². The van der Waals surface area contributed by atoms with E-state index < -0.39 is 0 Å². The lowest BCUT2D eigenvalue weighted by Gasteiger charge is -2.37. The van der Waals surface area contributed by atoms with Gasteiger partial charge in [0.05, 0.1) is 11.6 Å². The van der Waals surface area contributed by atoms with Crippen LogP contribution in [0.25, 0.3) is 11.0 Å². The Kier molecular flexibility index (Phi) is 3.34. The molecule has 3 rings (SSSR count). The van der Waals surface area contributed by atoms with Crippen molar-refractivity contribution in [2.75, 3.05) is 25.0 Å². The minimum absolute atomic E-state index is 0.138. The van der Waals surface area contributed by atoms with Crippen LogP contribution in [0.1, 0.15) is 19.8 Å². The summed E-state index contributed by atoms with van der Waals surface area (Å²) in [5.74, 6) is 1.12. The molecule has 0 unspecified atom stereocenters. The van der Waals surface area contributed by atoms with Crippen LogP contribution in [-0.2, 0) is 4.79 Å². The predicted molar refractivity (Wildman–Crippen MR) is 77.7 cm³/mol. The molecule has 106 valence electrons. The maximum Gasteiger partial charge on any atom is 0.219 e. The monoisotopic (exact) mass is 273 g/mol. The summed E-state index contributed by atoms with van der Waals surface area (Å²) in [7, 11) is 1.89. The molecule has 0 N–H and O–H groups in total. The molecule has 0 atom stereocenters. The van der Waals surface area contributed by atoms with Crippen molar-refractivity contribution in [3.63, 3.8) is 0 Å². The number of carbonyl (C=O) groups excluding carboxylic acids is 1. The number of hydrogen-bond donors (Lipinski definition) is 0. The molecule has 3 heterocycles. The number of hydrogen-bond acceptors (Lipinski definition) is 4. The number of furan rings is 1. The van der Waals surface area contributed by atoms with Gasteiger partial charge in [0, 0.05) is 39.3 Å². The first-order chi connectivity index (χ1) is 9.66. The van der Waals surface area contributed by atoms with Crippen molar-refractivity contribution < 1.29 is 9.21 Å². The van der Waals surface area contributed by atoms with Gasteiger partial charge in [-0.1, -0.05) is 0 Å². The van der Waals surface area contributed by atoms with Crippen LogP contribution >= 0.6 is 0 Å². The van der Waals surface area contributed by atoms with Crippen LogP contribution in [0.4, 0.5) is 5.82 Å². The Morgan fingerprint density at radius 1 is 1.40 bits per heavy atom. The predicted octanol–water partition coefficient (Wildman–Crippen LogP) is 2.27. The molecule has 20 heavy (non-hydrogen) atoms. The molecule has 0 radical (unpaired) electrons. The molecular formula is C15H19N3O2. The highest BCUT2D eigenvalue weighted by Crippen LogP contribution is 2.28. The van der Waals surface area contributed by atoms with Crippen molar-refractivity contribution in [1.82, 2.24) is 9.88 Å². The summed E-state index contributed by atoms with van der Waals surface area (Å²) in [6.07, 6.45) is 5.44. The Morgan fingerprint density at radius 3 is 2.85 bits per heavy atom. The van der Waals surface area contributed by atoms with Crippen LogP contribution in [0, 0.1) is 0 Å². The van der Waals surface area contributed by atoms with E-state index in [1.54, 1.807) is 19.4 Å². The van der Waals surface area contributed by atoms with Gasteiger partial charge in [0.25, 0.3) is 0 Å². The number of piperidine rings is 1. The van der Waals surface area contributed by atoms with Crippen LogP contribution < -0.4 is 4.90 Å². The van der Waals surface area contributed by atoms with Crippen LogP contribution in [0.5, 0.6) is 0 Å². The number of pyridine rings is 1. The number of anilines is 1. The van der Waals surface area contributed by atoms with E-state index in [0.29, 0.717) is 6.04 Å². The summed E-state index contributed by atoms with van der Waals surface area (Å²) in [6.45, 7) is 3.46. The standard InChI is InChI=1S/C15H19N3O2/c1-11(19)17(2)12-4-8-18(9-5-12)15-13-6-10-20-14(13)3-7-16-15/h3,6-7,10,12H,4-5,8-9H2,1-2H3. The highest BCUT2D eigenvalue weighted by molar-refractivity contribution is 5.88. The summed E-state index contributed by atoms with van der Waals surface area (Å²) in [5, 5.41) is 1.06. The molecule has 2 aromatic rings. The second-order valence-electron chi connectivity index (χ2n) is 5.32. The fourth-order valence-corrected chi connectivity index (χ4v) is 2.85. The second-order valence-corrected chi connectivity index (χ2v) is 5.32. The van der Waals surface area contributed by atoms with Gasteiger partial charge in [0.15, 0.2) is 0 Å².